The van der Waals surface area contributed by atoms with Gasteiger partial charge in [0.1, 0.15) is 30.7 Å². The minimum absolute atomic E-state index is 0.0869. The van der Waals surface area contributed by atoms with Crippen molar-refractivity contribution in [3.8, 4) is 6.07 Å². The first-order chi connectivity index (χ1) is 31.7. The summed E-state index contributed by atoms with van der Waals surface area (Å²) in [6.45, 7) is 3.45. The summed E-state index contributed by atoms with van der Waals surface area (Å²) in [5, 5.41) is 24.8. The Hall–Kier alpha value is -5.00. The lowest BCUT2D eigenvalue weighted by atomic mass is 10.1. The van der Waals surface area contributed by atoms with Gasteiger partial charge >= 0.3 is 6.72 Å². The van der Waals surface area contributed by atoms with Gasteiger partial charge in [0.05, 0.1) is 45.0 Å². The smallest absolute Gasteiger partial charge is 0.327 e. The highest BCUT2D eigenvalue weighted by Crippen LogP contribution is 2.55. The first-order valence-electron chi connectivity index (χ1n) is 21.3. The molecule has 5 aromatic rings. The number of hydrogen-bond acceptors (Lipinski definition) is 17. The van der Waals surface area contributed by atoms with Crippen LogP contribution in [-0.2, 0) is 44.1 Å². The van der Waals surface area contributed by atoms with Crippen molar-refractivity contribution >= 4 is 72.8 Å². The molecule has 2 aliphatic heterocycles. The second kappa shape index (κ2) is 20.9. The SMILES string of the molecule is CC[Si](CC)(CC)O[C@H]1[C@@H](F)[C@H](n2cnc3c(NC(=O)c4ccccc4)ncnc32)O[C@@H]1COP(=S)(OCCC#N)O[C@@H]1[C@H](F)[C@@H](CO)O[C@H]1n1cnc2c(=O)[nH]c(NC(=O)C(C)C)nc21. The summed E-state index contributed by atoms with van der Waals surface area (Å²) in [5.74, 6) is -1.47. The number of ether oxygens (including phenoxy) is 2. The molecule has 2 saturated heterocycles. The highest BCUT2D eigenvalue weighted by Gasteiger charge is 2.53. The molecule has 4 N–H and O–H groups in total. The van der Waals surface area contributed by atoms with Crippen LogP contribution in [0.25, 0.3) is 22.3 Å². The highest BCUT2D eigenvalue weighted by atomic mass is 32.5. The minimum Gasteiger partial charge on any atom is -0.408 e. The van der Waals surface area contributed by atoms with Crippen molar-refractivity contribution in [1.29, 1.82) is 5.26 Å². The number of alkyl halides is 2. The average Bonchev–Trinajstić information content (AvgIpc) is 4.09. The number of imidazole rings is 2. The number of nitrogens with zero attached hydrogens (tertiary/aromatic N) is 8. The standard InChI is InChI=1S/C40H50F2N11O10PSSi/c1-6-66(7-2,8-3)63-30-25(61-38(27(30)42)52-20-46-28-32(44-19-45-33(28)52)48-36(56)23-13-10-9-11-14-23)18-59-64(65,58-16-12-15-43)62-31-26(41)24(17-54)60-39(31)53-21-47-29-34(53)49-40(51-37(29)57)50-35(55)22(4)5/h9-11,13-14,19-22,24-27,30-31,38-39,54H,6-8,12,16-18H2,1-5H3,(H,44,45,48,56)(H2,49,50,51,55,57)/t24-,25-,26-,27-,30-,31-,38-,39-,64?/m1/s1. The number of hydrogen-bond donors (Lipinski definition) is 4. The zero-order valence-corrected chi connectivity index (χ0v) is 39.3. The second-order valence-corrected chi connectivity index (χ2v) is 23.5. The van der Waals surface area contributed by atoms with E-state index in [1.54, 1.807) is 44.2 Å². The van der Waals surface area contributed by atoms with Gasteiger partial charge in [-0.2, -0.15) is 10.2 Å². The first kappa shape index (κ1) is 48.9. The lowest BCUT2D eigenvalue weighted by Gasteiger charge is -2.34. The lowest BCUT2D eigenvalue weighted by molar-refractivity contribution is -0.118. The Labute approximate surface area is 382 Å². The van der Waals surface area contributed by atoms with E-state index in [-0.39, 0.29) is 47.1 Å². The number of carbonyl (C=O) groups excluding carboxylic acids is 2. The van der Waals surface area contributed by atoms with Crippen LogP contribution in [0.1, 0.15) is 63.9 Å². The quantitative estimate of drug-likeness (QED) is 0.0443. The molecule has 66 heavy (non-hydrogen) atoms. The van der Waals surface area contributed by atoms with Crippen LogP contribution in [0.15, 0.2) is 54.1 Å². The topological polar surface area (TPSA) is 265 Å². The summed E-state index contributed by atoms with van der Waals surface area (Å²) < 4.78 is 73.6. The molecule has 0 bridgehead atoms. The largest absolute Gasteiger partial charge is 0.408 e. The molecule has 354 valence electrons. The van der Waals surface area contributed by atoms with Crippen LogP contribution in [0.4, 0.5) is 20.5 Å². The van der Waals surface area contributed by atoms with Gasteiger partial charge in [0.25, 0.3) is 11.5 Å². The Morgan fingerprint density at radius 3 is 2.30 bits per heavy atom. The zero-order chi connectivity index (χ0) is 47.3. The Bertz CT molecular complexity index is 2660. The minimum atomic E-state index is -4.18. The van der Waals surface area contributed by atoms with Gasteiger partial charge in [0.15, 0.2) is 61.3 Å². The number of anilines is 2. The first-order valence-corrected chi connectivity index (χ1v) is 26.4. The van der Waals surface area contributed by atoms with Gasteiger partial charge in [-0.15, -0.1) is 0 Å². The van der Waals surface area contributed by atoms with Gasteiger partial charge in [-0.1, -0.05) is 52.8 Å². The van der Waals surface area contributed by atoms with Crippen LogP contribution in [0.5, 0.6) is 0 Å². The van der Waals surface area contributed by atoms with Crippen molar-refractivity contribution in [2.24, 2.45) is 5.92 Å². The van der Waals surface area contributed by atoms with E-state index in [1.807, 2.05) is 26.8 Å². The predicted octanol–water partition coefficient (Wildman–Crippen LogP) is 5.22. The van der Waals surface area contributed by atoms with Crippen molar-refractivity contribution in [2.45, 2.75) is 108 Å². The number of halogens is 2. The second-order valence-electron chi connectivity index (χ2n) is 15.8. The summed E-state index contributed by atoms with van der Waals surface area (Å²) in [7, 11) is -2.57. The van der Waals surface area contributed by atoms with Gasteiger partial charge in [0, 0.05) is 11.5 Å². The summed E-state index contributed by atoms with van der Waals surface area (Å²) in [5.41, 5.74) is -0.330. The van der Waals surface area contributed by atoms with E-state index in [0.717, 1.165) is 6.33 Å². The molecule has 0 saturated carbocycles. The third-order valence-electron chi connectivity index (χ3n) is 11.5. The van der Waals surface area contributed by atoms with Crippen LogP contribution in [-0.4, -0.2) is 121 Å². The molecule has 2 aliphatic rings. The maximum absolute atomic E-state index is 17.2. The average molecular weight is 974 g/mol. The van der Waals surface area contributed by atoms with Gasteiger partial charge in [-0.05, 0) is 42.1 Å². The molecule has 0 aliphatic carbocycles. The number of benzene rings is 1. The van der Waals surface area contributed by atoms with Crippen LogP contribution in [0.2, 0.25) is 18.1 Å². The number of rotatable bonds is 20. The number of fused-ring (bicyclic) bond motifs is 2. The molecule has 7 rings (SSSR count). The van der Waals surface area contributed by atoms with Crippen LogP contribution >= 0.6 is 6.72 Å². The summed E-state index contributed by atoms with van der Waals surface area (Å²) >= 11 is 5.87. The van der Waals surface area contributed by atoms with Crippen molar-refractivity contribution in [3.63, 3.8) is 0 Å². The highest BCUT2D eigenvalue weighted by molar-refractivity contribution is 8.07. The summed E-state index contributed by atoms with van der Waals surface area (Å²) in [4.78, 5) is 62.5. The van der Waals surface area contributed by atoms with Gasteiger partial charge in [-0.25, -0.2) is 28.7 Å². The Kier molecular flexibility index (Phi) is 15.5. The van der Waals surface area contributed by atoms with Gasteiger partial charge < -0.3 is 33.4 Å². The predicted molar refractivity (Wildman–Crippen MR) is 239 cm³/mol. The molecular weight excluding hydrogens is 924 g/mol. The van der Waals surface area contributed by atoms with Gasteiger partial charge in [-0.3, -0.25) is 38.3 Å². The van der Waals surface area contributed by atoms with Crippen LogP contribution in [0, 0.1) is 17.2 Å². The maximum Gasteiger partial charge on any atom is 0.327 e. The number of H-pyrrole nitrogens is 1. The van der Waals surface area contributed by atoms with Crippen molar-refractivity contribution in [1.82, 2.24) is 39.0 Å². The third kappa shape index (κ3) is 10.1. The van der Waals surface area contributed by atoms with E-state index in [1.165, 1.54) is 21.8 Å². The lowest BCUT2D eigenvalue weighted by Crippen LogP contribution is -2.46. The van der Waals surface area contributed by atoms with E-state index in [0.29, 0.717) is 23.7 Å². The van der Waals surface area contributed by atoms with Crippen molar-refractivity contribution in [2.75, 3.05) is 30.5 Å². The fraction of sp³-hybridized carbons (Fsp3) is 0.525. The molecule has 0 spiro atoms. The molecule has 0 radical (unpaired) electrons. The van der Waals surface area contributed by atoms with E-state index in [4.69, 9.17) is 39.3 Å². The number of carbonyl (C=O) groups is 2. The molecule has 6 heterocycles. The molecule has 1 unspecified atom stereocenters. The third-order valence-corrected chi connectivity index (χ3v) is 18.5. The molecule has 9 atom stereocenters. The number of aliphatic hydroxyl groups excluding tert-OH is 1. The molecule has 2 fully saturated rings. The van der Waals surface area contributed by atoms with Crippen LogP contribution < -0.4 is 16.2 Å². The van der Waals surface area contributed by atoms with Crippen molar-refractivity contribution < 1.29 is 50.9 Å². The Balaban J connectivity index is 1.19. The number of aromatic amines is 1. The summed E-state index contributed by atoms with van der Waals surface area (Å²) in [6.07, 6.45) is -8.86. The molecular formula is C40H50F2N11O10PSSi. The van der Waals surface area contributed by atoms with Crippen molar-refractivity contribution in [3.05, 3.63) is 65.2 Å². The van der Waals surface area contributed by atoms with E-state index in [2.05, 4.69) is 40.5 Å². The zero-order valence-electron chi connectivity index (χ0n) is 36.6. The monoisotopic (exact) mass is 973 g/mol. The number of amides is 2. The molecule has 1 aromatic carbocycles. The summed E-state index contributed by atoms with van der Waals surface area (Å²) in [6, 6.07) is 12.4. The maximum atomic E-state index is 17.2. The number of nitrogens with one attached hydrogen (secondary N) is 3. The van der Waals surface area contributed by atoms with Crippen LogP contribution in [0.3, 0.4) is 0 Å². The number of aromatic nitrogens is 8. The molecule has 2 amide bonds. The Morgan fingerprint density at radius 1 is 0.955 bits per heavy atom. The van der Waals surface area contributed by atoms with Gasteiger partial charge in [0.2, 0.25) is 11.9 Å². The molecule has 4 aromatic heterocycles. The fourth-order valence-electron chi connectivity index (χ4n) is 7.61. The number of aliphatic hydroxyl groups is 1. The van der Waals surface area contributed by atoms with E-state index < -0.39 is 101 Å². The number of nitriles is 1. The normalized spacial score (nSPS) is 24.2. The molecule has 26 heteroatoms. The van der Waals surface area contributed by atoms with E-state index in [9.17, 15) is 24.8 Å². The Morgan fingerprint density at radius 2 is 1.64 bits per heavy atom. The fourth-order valence-corrected chi connectivity index (χ4v) is 12.5. The van der Waals surface area contributed by atoms with E-state index >= 15 is 8.78 Å². The molecule has 21 nitrogen and oxygen atoms in total.